The van der Waals surface area contributed by atoms with E-state index in [1.54, 1.807) is 6.07 Å². The van der Waals surface area contributed by atoms with Gasteiger partial charge in [0.05, 0.1) is 44.8 Å². The molecule has 4 amide bonds. The van der Waals surface area contributed by atoms with E-state index >= 15 is 0 Å². The van der Waals surface area contributed by atoms with Crippen LogP contribution in [-0.2, 0) is 54.3 Å². The number of aliphatic hydroxyl groups excluding tert-OH is 1. The van der Waals surface area contributed by atoms with Crippen LogP contribution in [0.1, 0.15) is 65.9 Å². The van der Waals surface area contributed by atoms with Crippen molar-refractivity contribution < 1.29 is 62.7 Å². The Balaban J connectivity index is 0.00000289. The molecule has 2 aliphatic heterocycles. The first kappa shape index (κ1) is 42.6. The zero-order chi connectivity index (χ0) is 36.8. The summed E-state index contributed by atoms with van der Waals surface area (Å²) in [4.78, 5) is 71.3. The minimum atomic E-state index is -1.26. The van der Waals surface area contributed by atoms with Crippen molar-refractivity contribution in [2.45, 2.75) is 85.4 Å². The standard InChI is InChI=1S/C29H37N3O13.2C2H6/c1-18(33)43-17-19-2-3-22(44-28-16-20(34)15-23(45-28)29(39)40)21(14-19)31-25(36)6-8-30-24(35)7-10-41-12-13-42-11-9-32-26(37)4-5-27(32)38;2*1-2/h2-5,14,20,23,28,34H,6-13,15-17H2,1H3,(H,30,35)(H,31,36)(H,39,40);2*1-2H3. The molecule has 1 aromatic carbocycles. The zero-order valence-electron chi connectivity index (χ0n) is 28.7. The highest BCUT2D eigenvalue weighted by Gasteiger charge is 2.34. The third kappa shape index (κ3) is 16.5. The molecule has 0 saturated carbocycles. The quantitative estimate of drug-likeness (QED) is 0.0982. The highest BCUT2D eigenvalue weighted by atomic mass is 16.7. The van der Waals surface area contributed by atoms with Gasteiger partial charge in [-0.05, 0) is 17.7 Å². The van der Waals surface area contributed by atoms with Crippen LogP contribution < -0.4 is 15.4 Å². The zero-order valence-corrected chi connectivity index (χ0v) is 28.7. The molecule has 0 aliphatic carbocycles. The average Bonchev–Trinajstić information content (AvgIpc) is 3.39. The molecule has 2 aliphatic rings. The molecular formula is C33H49N3O13. The van der Waals surface area contributed by atoms with E-state index in [-0.39, 0.29) is 101 Å². The minimum absolute atomic E-state index is 0.0100. The molecule has 3 unspecified atom stereocenters. The lowest BCUT2D eigenvalue weighted by Crippen LogP contribution is -2.42. The number of nitrogens with one attached hydrogen (secondary N) is 2. The lowest BCUT2D eigenvalue weighted by Gasteiger charge is -2.31. The molecular weight excluding hydrogens is 646 g/mol. The van der Waals surface area contributed by atoms with E-state index < -0.39 is 36.3 Å². The number of hydrogen-bond acceptors (Lipinski definition) is 12. The number of amides is 4. The van der Waals surface area contributed by atoms with Gasteiger partial charge in [0.15, 0.2) is 6.10 Å². The summed E-state index contributed by atoms with van der Waals surface area (Å²) in [6.07, 6.45) is -1.04. The molecule has 1 aromatic rings. The first-order chi connectivity index (χ1) is 23.5. The Bertz CT molecular complexity index is 1250. The summed E-state index contributed by atoms with van der Waals surface area (Å²) in [5.41, 5.74) is 0.728. The van der Waals surface area contributed by atoms with Gasteiger partial charge < -0.3 is 44.5 Å². The Morgan fingerprint density at radius 1 is 0.918 bits per heavy atom. The average molecular weight is 696 g/mol. The van der Waals surface area contributed by atoms with E-state index in [4.69, 9.17) is 23.7 Å². The van der Waals surface area contributed by atoms with Gasteiger partial charge in [-0.1, -0.05) is 33.8 Å². The monoisotopic (exact) mass is 695 g/mol. The molecule has 0 bridgehead atoms. The summed E-state index contributed by atoms with van der Waals surface area (Å²) < 4.78 is 26.9. The summed E-state index contributed by atoms with van der Waals surface area (Å²) in [6, 6.07) is 4.60. The van der Waals surface area contributed by atoms with Crippen molar-refractivity contribution in [2.24, 2.45) is 0 Å². The maximum Gasteiger partial charge on any atom is 0.333 e. The van der Waals surface area contributed by atoms with Crippen LogP contribution in [0.5, 0.6) is 5.75 Å². The van der Waals surface area contributed by atoms with Crippen molar-refractivity contribution in [2.75, 3.05) is 44.8 Å². The van der Waals surface area contributed by atoms with Crippen molar-refractivity contribution in [3.63, 3.8) is 0 Å². The summed E-state index contributed by atoms with van der Waals surface area (Å²) in [5.74, 6) is -3.17. The number of imide groups is 1. The molecule has 3 rings (SSSR count). The Morgan fingerprint density at radius 2 is 1.57 bits per heavy atom. The Kier molecular flexibility index (Phi) is 20.8. The van der Waals surface area contributed by atoms with E-state index in [0.29, 0.717) is 5.56 Å². The normalized spacial score (nSPS) is 18.0. The summed E-state index contributed by atoms with van der Waals surface area (Å²) in [6.45, 7) is 10.1. The van der Waals surface area contributed by atoms with Gasteiger partial charge in [-0.3, -0.25) is 28.9 Å². The van der Waals surface area contributed by atoms with Crippen LogP contribution in [-0.4, -0.2) is 109 Å². The van der Waals surface area contributed by atoms with Gasteiger partial charge in [-0.15, -0.1) is 0 Å². The fourth-order valence-corrected chi connectivity index (χ4v) is 4.20. The number of carboxylic acid groups (broad SMARTS) is 1. The molecule has 0 radical (unpaired) electrons. The number of anilines is 1. The lowest BCUT2D eigenvalue weighted by atomic mass is 10.1. The molecule has 49 heavy (non-hydrogen) atoms. The first-order valence-electron chi connectivity index (χ1n) is 16.3. The molecule has 1 saturated heterocycles. The van der Waals surface area contributed by atoms with Gasteiger partial charge in [-0.2, -0.15) is 0 Å². The second kappa shape index (κ2) is 23.9. The molecule has 3 atom stereocenters. The highest BCUT2D eigenvalue weighted by Crippen LogP contribution is 2.30. The SMILES string of the molecule is CC.CC.CC(=O)OCc1ccc(OC2CC(O)CC(C(=O)O)O2)c(NC(=O)CCNC(=O)CCOCCOCCN2C(=O)C=CC2=O)c1. The second-order valence-electron chi connectivity index (χ2n) is 10.0. The highest BCUT2D eigenvalue weighted by molar-refractivity contribution is 6.12. The number of aliphatic carboxylic acids is 1. The number of rotatable bonds is 18. The van der Waals surface area contributed by atoms with Gasteiger partial charge in [0.2, 0.25) is 18.1 Å². The number of nitrogens with zero attached hydrogens (tertiary/aromatic N) is 1. The number of ether oxygens (including phenoxy) is 5. The number of carbonyl (C=O) groups is 6. The fourth-order valence-electron chi connectivity index (χ4n) is 4.20. The van der Waals surface area contributed by atoms with Gasteiger partial charge >= 0.3 is 11.9 Å². The van der Waals surface area contributed by atoms with E-state index in [1.807, 2.05) is 27.7 Å². The number of aliphatic hydroxyl groups is 1. The van der Waals surface area contributed by atoms with Crippen LogP contribution in [0.4, 0.5) is 5.69 Å². The van der Waals surface area contributed by atoms with Crippen molar-refractivity contribution in [3.8, 4) is 5.75 Å². The predicted octanol–water partition coefficient (Wildman–Crippen LogP) is 1.92. The van der Waals surface area contributed by atoms with Gasteiger partial charge in [0, 0.05) is 51.3 Å². The molecule has 2 heterocycles. The van der Waals surface area contributed by atoms with E-state index in [2.05, 4.69) is 10.6 Å². The maximum absolute atomic E-state index is 12.7. The number of benzene rings is 1. The number of hydrogen-bond donors (Lipinski definition) is 4. The summed E-state index contributed by atoms with van der Waals surface area (Å²) in [5, 5.41) is 24.6. The third-order valence-corrected chi connectivity index (χ3v) is 6.44. The van der Waals surface area contributed by atoms with Crippen LogP contribution in [0.3, 0.4) is 0 Å². The lowest BCUT2D eigenvalue weighted by molar-refractivity contribution is -0.195. The topological polar surface area (TPSA) is 216 Å². The molecule has 0 spiro atoms. The third-order valence-electron chi connectivity index (χ3n) is 6.44. The smallest absolute Gasteiger partial charge is 0.333 e. The van der Waals surface area contributed by atoms with E-state index in [9.17, 15) is 39.0 Å². The first-order valence-corrected chi connectivity index (χ1v) is 16.3. The van der Waals surface area contributed by atoms with Crippen LogP contribution >= 0.6 is 0 Å². The Hall–Kier alpha value is -4.38. The maximum atomic E-state index is 12.7. The second-order valence-corrected chi connectivity index (χ2v) is 10.0. The number of carbonyl (C=O) groups excluding carboxylic acids is 5. The van der Waals surface area contributed by atoms with Crippen LogP contribution in [0.25, 0.3) is 0 Å². The molecule has 16 heteroatoms. The van der Waals surface area contributed by atoms with Crippen LogP contribution in [0, 0.1) is 0 Å². The van der Waals surface area contributed by atoms with Crippen molar-refractivity contribution >= 4 is 41.3 Å². The van der Waals surface area contributed by atoms with Gasteiger partial charge in [-0.25, -0.2) is 4.79 Å². The number of carboxylic acids is 1. The predicted molar refractivity (Wildman–Crippen MR) is 175 cm³/mol. The van der Waals surface area contributed by atoms with E-state index in [0.717, 1.165) is 4.90 Å². The summed E-state index contributed by atoms with van der Waals surface area (Å²) in [7, 11) is 0. The minimum Gasteiger partial charge on any atom is -0.479 e. The van der Waals surface area contributed by atoms with Crippen molar-refractivity contribution in [1.29, 1.82) is 0 Å². The molecule has 0 aromatic heterocycles. The number of esters is 1. The van der Waals surface area contributed by atoms with Gasteiger partial charge in [0.25, 0.3) is 11.8 Å². The van der Waals surface area contributed by atoms with Crippen molar-refractivity contribution in [3.05, 3.63) is 35.9 Å². The summed E-state index contributed by atoms with van der Waals surface area (Å²) >= 11 is 0. The molecule has 274 valence electrons. The largest absolute Gasteiger partial charge is 0.479 e. The van der Waals surface area contributed by atoms with Gasteiger partial charge in [0.1, 0.15) is 12.4 Å². The molecule has 1 fully saturated rings. The molecule has 4 N–H and O–H groups in total. The Morgan fingerprint density at radius 3 is 2.20 bits per heavy atom. The van der Waals surface area contributed by atoms with Crippen molar-refractivity contribution in [1.82, 2.24) is 10.2 Å². The van der Waals surface area contributed by atoms with Crippen LogP contribution in [0.15, 0.2) is 30.4 Å². The molecule has 16 nitrogen and oxygen atoms in total. The fraction of sp³-hybridized carbons (Fsp3) is 0.576. The Labute approximate surface area is 286 Å². The van der Waals surface area contributed by atoms with E-state index in [1.165, 1.54) is 31.2 Å². The van der Waals surface area contributed by atoms with Crippen LogP contribution in [0.2, 0.25) is 0 Å².